The number of fused-ring (bicyclic) bond motifs is 2. The second-order valence-electron chi connectivity index (χ2n) is 7.11. The van der Waals surface area contributed by atoms with E-state index in [1.807, 2.05) is 12.1 Å². The summed E-state index contributed by atoms with van der Waals surface area (Å²) in [5, 5.41) is 11.4. The van der Waals surface area contributed by atoms with Gasteiger partial charge in [0.05, 0.1) is 5.69 Å². The first-order valence-corrected chi connectivity index (χ1v) is 9.83. The standard InChI is InChI=1S/C22H18FN3S/c1-26-12-17-9-16(20-3-2-7-24-25-20)10-19(23)22(17)18(13-26)15-5-4-14-6-8-27-21(14)11-15/h2-11,18H,12-13H2,1H3. The zero-order chi connectivity index (χ0) is 18.4. The summed E-state index contributed by atoms with van der Waals surface area (Å²) in [6.07, 6.45) is 1.63. The van der Waals surface area contributed by atoms with E-state index in [0.29, 0.717) is 5.69 Å². The number of likely N-dealkylation sites (N-methyl/N-ethyl adjacent to an activating group) is 1. The zero-order valence-electron chi connectivity index (χ0n) is 14.9. The fourth-order valence-electron chi connectivity index (χ4n) is 4.02. The molecular formula is C22H18FN3S. The summed E-state index contributed by atoms with van der Waals surface area (Å²) in [7, 11) is 2.09. The molecule has 3 nitrogen and oxygen atoms in total. The molecule has 1 aliphatic rings. The summed E-state index contributed by atoms with van der Waals surface area (Å²) in [6, 6.07) is 16.0. The first-order chi connectivity index (χ1) is 13.2. The number of hydrogen-bond acceptors (Lipinski definition) is 4. The van der Waals surface area contributed by atoms with Gasteiger partial charge in [0, 0.05) is 41.0 Å². The SMILES string of the molecule is CN1Cc2cc(-c3cccnn3)cc(F)c2C(c2ccc3ccsc3c2)C1. The molecule has 5 rings (SSSR count). The predicted molar refractivity (Wildman–Crippen MR) is 107 cm³/mol. The maximum Gasteiger partial charge on any atom is 0.128 e. The van der Waals surface area contributed by atoms with Crippen LogP contribution in [-0.4, -0.2) is 28.7 Å². The third kappa shape index (κ3) is 2.93. The van der Waals surface area contributed by atoms with Gasteiger partial charge >= 0.3 is 0 Å². The number of hydrogen-bond donors (Lipinski definition) is 0. The van der Waals surface area contributed by atoms with E-state index < -0.39 is 0 Å². The van der Waals surface area contributed by atoms with Gasteiger partial charge in [0.15, 0.2) is 0 Å². The van der Waals surface area contributed by atoms with E-state index in [-0.39, 0.29) is 11.7 Å². The number of benzene rings is 2. The lowest BCUT2D eigenvalue weighted by Gasteiger charge is -2.33. The van der Waals surface area contributed by atoms with E-state index in [1.165, 1.54) is 15.6 Å². The Labute approximate surface area is 161 Å². The molecule has 2 aromatic carbocycles. The molecule has 0 bridgehead atoms. The van der Waals surface area contributed by atoms with Gasteiger partial charge in [-0.2, -0.15) is 10.2 Å². The van der Waals surface area contributed by atoms with Crippen molar-refractivity contribution in [3.63, 3.8) is 0 Å². The maximum atomic E-state index is 15.3. The number of rotatable bonds is 2. The van der Waals surface area contributed by atoms with Gasteiger partial charge in [0.2, 0.25) is 0 Å². The summed E-state index contributed by atoms with van der Waals surface area (Å²) in [4.78, 5) is 2.26. The van der Waals surface area contributed by atoms with Crippen LogP contribution in [0.1, 0.15) is 22.6 Å². The summed E-state index contributed by atoms with van der Waals surface area (Å²) >= 11 is 1.73. The third-order valence-electron chi connectivity index (χ3n) is 5.25. The minimum atomic E-state index is -0.155. The van der Waals surface area contributed by atoms with Crippen LogP contribution >= 0.6 is 11.3 Å². The monoisotopic (exact) mass is 375 g/mol. The highest BCUT2D eigenvalue weighted by atomic mass is 32.1. The topological polar surface area (TPSA) is 29.0 Å². The first kappa shape index (κ1) is 16.5. The average molecular weight is 375 g/mol. The molecule has 0 saturated carbocycles. The fourth-order valence-corrected chi connectivity index (χ4v) is 4.86. The Morgan fingerprint density at radius 2 is 2.07 bits per heavy atom. The highest BCUT2D eigenvalue weighted by Crippen LogP contribution is 2.38. The molecule has 2 aromatic heterocycles. The van der Waals surface area contributed by atoms with Crippen LogP contribution in [0.25, 0.3) is 21.3 Å². The van der Waals surface area contributed by atoms with Gasteiger partial charge in [-0.1, -0.05) is 12.1 Å². The third-order valence-corrected chi connectivity index (χ3v) is 6.13. The van der Waals surface area contributed by atoms with Crippen LogP contribution < -0.4 is 0 Å². The van der Waals surface area contributed by atoms with E-state index in [2.05, 4.69) is 57.9 Å². The molecule has 1 aliphatic heterocycles. The average Bonchev–Trinajstić information content (AvgIpc) is 3.15. The summed E-state index contributed by atoms with van der Waals surface area (Å²) in [5.74, 6) is -0.126. The van der Waals surface area contributed by atoms with Crippen LogP contribution in [0, 0.1) is 5.82 Å². The van der Waals surface area contributed by atoms with E-state index in [0.717, 1.165) is 29.8 Å². The van der Waals surface area contributed by atoms with Gasteiger partial charge < -0.3 is 4.90 Å². The van der Waals surface area contributed by atoms with E-state index >= 15 is 4.39 Å². The Kier molecular flexibility index (Phi) is 3.99. The normalized spacial score (nSPS) is 17.2. The van der Waals surface area contributed by atoms with Gasteiger partial charge in [0.25, 0.3) is 0 Å². The molecule has 0 radical (unpaired) electrons. The van der Waals surface area contributed by atoms with E-state index in [9.17, 15) is 0 Å². The van der Waals surface area contributed by atoms with Crippen molar-refractivity contribution >= 4 is 21.4 Å². The van der Waals surface area contributed by atoms with Crippen molar-refractivity contribution in [3.05, 3.63) is 82.6 Å². The molecule has 134 valence electrons. The largest absolute Gasteiger partial charge is 0.301 e. The molecule has 0 N–H and O–H groups in total. The van der Waals surface area contributed by atoms with Crippen molar-refractivity contribution in [1.82, 2.24) is 15.1 Å². The minimum absolute atomic E-state index is 0.0288. The van der Waals surface area contributed by atoms with Crippen molar-refractivity contribution in [2.75, 3.05) is 13.6 Å². The van der Waals surface area contributed by atoms with E-state index in [1.54, 1.807) is 23.6 Å². The highest BCUT2D eigenvalue weighted by Gasteiger charge is 2.29. The van der Waals surface area contributed by atoms with Crippen molar-refractivity contribution < 1.29 is 4.39 Å². The summed E-state index contributed by atoms with van der Waals surface area (Å²) in [5.41, 5.74) is 4.49. The number of nitrogens with zero attached hydrogens (tertiary/aromatic N) is 3. The maximum absolute atomic E-state index is 15.3. The van der Waals surface area contributed by atoms with Gasteiger partial charge in [0.1, 0.15) is 5.82 Å². The van der Waals surface area contributed by atoms with Crippen LogP contribution in [-0.2, 0) is 6.54 Å². The van der Waals surface area contributed by atoms with Gasteiger partial charge in [-0.15, -0.1) is 11.3 Å². The van der Waals surface area contributed by atoms with Crippen LogP contribution in [0.5, 0.6) is 0 Å². The van der Waals surface area contributed by atoms with Crippen LogP contribution in [0.4, 0.5) is 4.39 Å². The quantitative estimate of drug-likeness (QED) is 0.489. The second-order valence-corrected chi connectivity index (χ2v) is 8.05. The molecule has 3 heterocycles. The fraction of sp³-hybridized carbons (Fsp3) is 0.182. The molecule has 5 heteroatoms. The van der Waals surface area contributed by atoms with Crippen molar-refractivity contribution in [3.8, 4) is 11.3 Å². The highest BCUT2D eigenvalue weighted by molar-refractivity contribution is 7.17. The molecular weight excluding hydrogens is 357 g/mol. The Hall–Kier alpha value is -2.63. The lowest BCUT2D eigenvalue weighted by molar-refractivity contribution is 0.291. The lowest BCUT2D eigenvalue weighted by Crippen LogP contribution is -2.31. The van der Waals surface area contributed by atoms with Crippen LogP contribution in [0.2, 0.25) is 0 Å². The molecule has 1 unspecified atom stereocenters. The number of aromatic nitrogens is 2. The Bertz CT molecular complexity index is 1120. The first-order valence-electron chi connectivity index (χ1n) is 8.95. The van der Waals surface area contributed by atoms with Crippen LogP contribution in [0.15, 0.2) is 60.1 Å². The smallest absolute Gasteiger partial charge is 0.128 e. The van der Waals surface area contributed by atoms with Crippen molar-refractivity contribution in [2.45, 2.75) is 12.5 Å². The minimum Gasteiger partial charge on any atom is -0.301 e. The molecule has 27 heavy (non-hydrogen) atoms. The van der Waals surface area contributed by atoms with Crippen molar-refractivity contribution in [1.29, 1.82) is 0 Å². The predicted octanol–water partition coefficient (Wildman–Crippen LogP) is 5.07. The summed E-state index contributed by atoms with van der Waals surface area (Å²) < 4.78 is 16.5. The Morgan fingerprint density at radius 3 is 2.93 bits per heavy atom. The second kappa shape index (κ2) is 6.51. The Balaban J connectivity index is 1.64. The molecule has 0 saturated heterocycles. The van der Waals surface area contributed by atoms with E-state index in [4.69, 9.17) is 0 Å². The molecule has 1 atom stereocenters. The molecule has 0 spiro atoms. The molecule has 4 aromatic rings. The Morgan fingerprint density at radius 1 is 1.15 bits per heavy atom. The van der Waals surface area contributed by atoms with Gasteiger partial charge in [-0.05, 0) is 65.3 Å². The van der Waals surface area contributed by atoms with Gasteiger partial charge in [-0.3, -0.25) is 0 Å². The molecule has 0 aliphatic carbocycles. The number of thiophene rings is 1. The molecule has 0 amide bonds. The number of halogens is 1. The zero-order valence-corrected chi connectivity index (χ0v) is 15.7. The molecule has 0 fully saturated rings. The van der Waals surface area contributed by atoms with Gasteiger partial charge in [-0.25, -0.2) is 4.39 Å². The lowest BCUT2D eigenvalue weighted by atomic mass is 9.83. The van der Waals surface area contributed by atoms with Crippen molar-refractivity contribution in [2.24, 2.45) is 0 Å². The summed E-state index contributed by atoms with van der Waals surface area (Å²) in [6.45, 7) is 1.55. The van der Waals surface area contributed by atoms with Crippen LogP contribution in [0.3, 0.4) is 0 Å².